The molecule has 1 unspecified atom stereocenters. The number of nitrogens with one attached hydrogen (secondary N) is 1. The molecule has 2 aliphatic rings. The molecule has 1 aromatic carbocycles. The second-order valence-corrected chi connectivity index (χ2v) is 8.19. The number of nitrogens with zero attached hydrogens (tertiary/aromatic N) is 4. The minimum Gasteiger partial charge on any atom is -0.444 e. The first-order chi connectivity index (χ1) is 14.7. The number of oxazole rings is 1. The fourth-order valence-electron chi connectivity index (χ4n) is 4.11. The topological polar surface area (TPSA) is 66.1 Å². The number of aryl methyl sites for hydroxylation is 1. The van der Waals surface area contributed by atoms with Crippen LogP contribution in [0, 0.1) is 12.8 Å². The number of halogens is 1. The van der Waals surface area contributed by atoms with Crippen molar-refractivity contribution >= 4 is 29.9 Å². The summed E-state index contributed by atoms with van der Waals surface area (Å²) < 4.78 is 11.1. The van der Waals surface area contributed by atoms with E-state index in [4.69, 9.17) is 14.1 Å². The van der Waals surface area contributed by atoms with Crippen LogP contribution in [0.2, 0.25) is 0 Å². The normalized spacial score (nSPS) is 20.0. The van der Waals surface area contributed by atoms with Gasteiger partial charge in [0.2, 0.25) is 5.89 Å². The summed E-state index contributed by atoms with van der Waals surface area (Å²) in [6.45, 7) is 12.7. The second-order valence-electron chi connectivity index (χ2n) is 8.19. The van der Waals surface area contributed by atoms with E-state index in [1.54, 1.807) is 6.26 Å². The molecule has 0 spiro atoms. The predicted octanol–water partition coefficient (Wildman–Crippen LogP) is 3.39. The van der Waals surface area contributed by atoms with E-state index in [2.05, 4.69) is 46.1 Å². The van der Waals surface area contributed by atoms with Crippen molar-refractivity contribution in [3.05, 3.63) is 41.8 Å². The van der Waals surface area contributed by atoms with Crippen LogP contribution in [0.4, 0.5) is 0 Å². The molecule has 1 aromatic heterocycles. The van der Waals surface area contributed by atoms with Gasteiger partial charge in [0.1, 0.15) is 12.0 Å². The number of ether oxygens (including phenoxy) is 1. The molecular weight excluding hydrogens is 505 g/mol. The fourth-order valence-corrected chi connectivity index (χ4v) is 4.11. The van der Waals surface area contributed by atoms with Crippen molar-refractivity contribution in [3.8, 4) is 11.5 Å². The molecule has 0 radical (unpaired) electrons. The third-order valence-electron chi connectivity index (χ3n) is 5.78. The molecule has 2 saturated heterocycles. The maximum Gasteiger partial charge on any atom is 0.226 e. The van der Waals surface area contributed by atoms with E-state index in [-0.39, 0.29) is 24.0 Å². The van der Waals surface area contributed by atoms with Crippen molar-refractivity contribution in [2.24, 2.45) is 10.9 Å². The summed E-state index contributed by atoms with van der Waals surface area (Å²) in [6, 6.07) is 8.22. The van der Waals surface area contributed by atoms with Crippen molar-refractivity contribution in [1.82, 2.24) is 20.1 Å². The van der Waals surface area contributed by atoms with Crippen LogP contribution in [0.25, 0.3) is 11.5 Å². The molecule has 170 valence electrons. The molecule has 1 atom stereocenters. The number of hydrogen-bond donors (Lipinski definition) is 1. The Hall–Kier alpha value is -1.65. The number of guanidine groups is 1. The van der Waals surface area contributed by atoms with Gasteiger partial charge in [-0.1, -0.05) is 17.7 Å². The van der Waals surface area contributed by atoms with E-state index in [1.807, 2.05) is 12.1 Å². The highest BCUT2D eigenvalue weighted by Crippen LogP contribution is 2.21. The first-order valence-electron chi connectivity index (χ1n) is 11.1. The highest BCUT2D eigenvalue weighted by atomic mass is 127. The van der Waals surface area contributed by atoms with Crippen LogP contribution < -0.4 is 5.32 Å². The average Bonchev–Trinajstić information content (AvgIpc) is 3.42. The molecule has 4 rings (SSSR count). The highest BCUT2D eigenvalue weighted by molar-refractivity contribution is 14.0. The third-order valence-corrected chi connectivity index (χ3v) is 5.78. The van der Waals surface area contributed by atoms with Gasteiger partial charge in [0.15, 0.2) is 5.96 Å². The fraction of sp³-hybridized carbons (Fsp3) is 0.565. The zero-order valence-electron chi connectivity index (χ0n) is 18.5. The Morgan fingerprint density at radius 2 is 1.97 bits per heavy atom. The van der Waals surface area contributed by atoms with Gasteiger partial charge in [0, 0.05) is 44.8 Å². The van der Waals surface area contributed by atoms with Gasteiger partial charge in [0.25, 0.3) is 0 Å². The molecule has 2 fully saturated rings. The van der Waals surface area contributed by atoms with Crippen molar-refractivity contribution in [2.45, 2.75) is 26.8 Å². The average molecular weight is 539 g/mol. The molecule has 7 nitrogen and oxygen atoms in total. The number of aliphatic imine (C=N–C) groups is 1. The molecule has 0 aliphatic carbocycles. The minimum atomic E-state index is 0. The third kappa shape index (κ3) is 6.66. The number of likely N-dealkylation sites (tertiary alicyclic amines) is 1. The van der Waals surface area contributed by atoms with E-state index >= 15 is 0 Å². The number of benzene rings is 1. The molecule has 3 heterocycles. The van der Waals surface area contributed by atoms with Crippen molar-refractivity contribution in [3.63, 3.8) is 0 Å². The van der Waals surface area contributed by atoms with Crippen LogP contribution in [0.1, 0.15) is 24.6 Å². The van der Waals surface area contributed by atoms with E-state index in [9.17, 15) is 0 Å². The quantitative estimate of drug-likeness (QED) is 0.345. The van der Waals surface area contributed by atoms with Crippen molar-refractivity contribution < 1.29 is 9.15 Å². The Morgan fingerprint density at radius 3 is 2.71 bits per heavy atom. The van der Waals surface area contributed by atoms with Gasteiger partial charge in [-0.05, 0) is 38.3 Å². The summed E-state index contributed by atoms with van der Waals surface area (Å²) in [6.07, 6.45) is 2.93. The molecule has 0 bridgehead atoms. The summed E-state index contributed by atoms with van der Waals surface area (Å²) in [7, 11) is 0. The molecule has 0 saturated carbocycles. The standard InChI is InChI=1S/C23H33N5O2.HI/c1-3-24-23(28-9-8-19(16-28)15-27-10-12-29-13-11-27)25-14-21-17-30-22(26-21)20-6-4-18(2)5-7-20;/h4-7,17,19H,3,8-16H2,1-2H3,(H,24,25);1H. The van der Waals surface area contributed by atoms with Crippen LogP contribution in [-0.2, 0) is 11.3 Å². The predicted molar refractivity (Wildman–Crippen MR) is 134 cm³/mol. The summed E-state index contributed by atoms with van der Waals surface area (Å²) >= 11 is 0. The lowest BCUT2D eigenvalue weighted by atomic mass is 10.1. The van der Waals surface area contributed by atoms with E-state index in [0.29, 0.717) is 18.4 Å². The monoisotopic (exact) mass is 539 g/mol. The lowest BCUT2D eigenvalue weighted by molar-refractivity contribution is 0.0315. The smallest absolute Gasteiger partial charge is 0.226 e. The summed E-state index contributed by atoms with van der Waals surface area (Å²) in [5, 5.41) is 3.45. The van der Waals surface area contributed by atoms with E-state index in [1.165, 1.54) is 12.0 Å². The van der Waals surface area contributed by atoms with Gasteiger partial charge >= 0.3 is 0 Å². The summed E-state index contributed by atoms with van der Waals surface area (Å²) in [4.78, 5) is 14.4. The molecule has 0 amide bonds. The number of rotatable bonds is 6. The van der Waals surface area contributed by atoms with Crippen LogP contribution in [0.3, 0.4) is 0 Å². The first-order valence-corrected chi connectivity index (χ1v) is 11.1. The molecule has 8 heteroatoms. The van der Waals surface area contributed by atoms with Crippen LogP contribution in [-0.4, -0.2) is 73.2 Å². The number of morpholine rings is 1. The lowest BCUT2D eigenvalue weighted by Crippen LogP contribution is -2.42. The molecule has 2 aromatic rings. The molecule has 1 N–H and O–H groups in total. The Labute approximate surface area is 202 Å². The van der Waals surface area contributed by atoms with Crippen LogP contribution >= 0.6 is 24.0 Å². The van der Waals surface area contributed by atoms with Gasteiger partial charge in [0.05, 0.1) is 19.8 Å². The minimum absolute atomic E-state index is 0. The van der Waals surface area contributed by atoms with Gasteiger partial charge in [-0.3, -0.25) is 4.90 Å². The largest absolute Gasteiger partial charge is 0.444 e. The maximum absolute atomic E-state index is 5.68. The van der Waals surface area contributed by atoms with Crippen molar-refractivity contribution in [2.75, 3.05) is 52.5 Å². The maximum atomic E-state index is 5.68. The Morgan fingerprint density at radius 1 is 1.19 bits per heavy atom. The Balaban J connectivity index is 0.00000272. The van der Waals surface area contributed by atoms with E-state index in [0.717, 1.165) is 69.7 Å². The van der Waals surface area contributed by atoms with Gasteiger partial charge in [-0.2, -0.15) is 0 Å². The Bertz CT molecular complexity index is 833. The van der Waals surface area contributed by atoms with Gasteiger partial charge in [-0.15, -0.1) is 24.0 Å². The van der Waals surface area contributed by atoms with Crippen LogP contribution in [0.15, 0.2) is 39.9 Å². The number of hydrogen-bond acceptors (Lipinski definition) is 5. The Kier molecular flexibility index (Phi) is 9.15. The zero-order valence-corrected chi connectivity index (χ0v) is 20.9. The summed E-state index contributed by atoms with van der Waals surface area (Å²) in [5.74, 6) is 2.31. The van der Waals surface area contributed by atoms with Gasteiger partial charge in [-0.25, -0.2) is 9.98 Å². The number of aromatic nitrogens is 1. The van der Waals surface area contributed by atoms with Gasteiger partial charge < -0.3 is 19.4 Å². The van der Waals surface area contributed by atoms with Crippen molar-refractivity contribution in [1.29, 1.82) is 0 Å². The highest BCUT2D eigenvalue weighted by Gasteiger charge is 2.27. The summed E-state index contributed by atoms with van der Waals surface area (Å²) in [5.41, 5.74) is 3.07. The lowest BCUT2D eigenvalue weighted by Gasteiger charge is -2.29. The molecule has 2 aliphatic heterocycles. The van der Waals surface area contributed by atoms with E-state index < -0.39 is 0 Å². The molecule has 31 heavy (non-hydrogen) atoms. The van der Waals surface area contributed by atoms with Crippen LogP contribution in [0.5, 0.6) is 0 Å². The zero-order chi connectivity index (χ0) is 20.8. The SMILES string of the molecule is CCNC(=NCc1coc(-c2ccc(C)cc2)n1)N1CCC(CN2CCOCC2)C1.I. The molecular formula is C23H34IN5O2. The second kappa shape index (κ2) is 11.8. The first kappa shape index (κ1) is 24.0.